The summed E-state index contributed by atoms with van der Waals surface area (Å²) in [7, 11) is 1.48. The van der Waals surface area contributed by atoms with Crippen molar-refractivity contribution in [3.63, 3.8) is 0 Å². The van der Waals surface area contributed by atoms with Crippen LogP contribution in [-0.2, 0) is 25.5 Å². The summed E-state index contributed by atoms with van der Waals surface area (Å²) in [6.07, 6.45) is 4.01. The van der Waals surface area contributed by atoms with Crippen LogP contribution >= 0.6 is 0 Å². The number of aromatic hydroxyl groups is 1. The van der Waals surface area contributed by atoms with Crippen molar-refractivity contribution in [2.24, 2.45) is 5.92 Å². The number of esters is 2. The molecule has 1 aromatic carbocycles. The molecule has 0 saturated heterocycles. The molecule has 4 N–H and O–H groups in total. The van der Waals surface area contributed by atoms with Crippen LogP contribution in [0.5, 0.6) is 11.5 Å². The molecule has 36 heavy (non-hydrogen) atoms. The summed E-state index contributed by atoms with van der Waals surface area (Å²) >= 11 is 0. The van der Waals surface area contributed by atoms with Crippen molar-refractivity contribution < 1.29 is 34.0 Å². The van der Waals surface area contributed by atoms with E-state index in [1.807, 2.05) is 6.92 Å². The van der Waals surface area contributed by atoms with Crippen molar-refractivity contribution >= 4 is 17.8 Å². The third-order valence-electron chi connectivity index (χ3n) is 6.16. The highest BCUT2D eigenvalue weighted by Gasteiger charge is 2.23. The van der Waals surface area contributed by atoms with E-state index in [9.17, 15) is 19.8 Å². The first kappa shape index (κ1) is 28.9. The number of rotatable bonds is 14. The average Bonchev–Trinajstić information content (AvgIpc) is 2.82. The van der Waals surface area contributed by atoms with Crippen LogP contribution in [0, 0.1) is 5.92 Å². The number of nitrogen functional groups attached to an aromatic ring is 1. The molecule has 9 heteroatoms. The largest absolute Gasteiger partial charge is 0.504 e. The molecule has 9 nitrogen and oxygen atoms in total. The van der Waals surface area contributed by atoms with Crippen LogP contribution < -0.4 is 10.5 Å². The molecule has 0 aliphatic rings. The van der Waals surface area contributed by atoms with Crippen molar-refractivity contribution in [3.8, 4) is 22.6 Å². The summed E-state index contributed by atoms with van der Waals surface area (Å²) in [5.41, 5.74) is 8.27. The lowest BCUT2D eigenvalue weighted by Crippen LogP contribution is -2.27. The van der Waals surface area contributed by atoms with Gasteiger partial charge in [-0.1, -0.05) is 13.3 Å². The minimum Gasteiger partial charge on any atom is -0.504 e. The molecule has 0 spiro atoms. The number of aryl methyl sites for hydroxylation is 1. The van der Waals surface area contributed by atoms with E-state index >= 15 is 0 Å². The number of aliphatic hydroxyl groups excluding tert-OH is 1. The Bertz CT molecular complexity index is 1010. The van der Waals surface area contributed by atoms with Gasteiger partial charge in [-0.2, -0.15) is 0 Å². The second-order valence-electron chi connectivity index (χ2n) is 8.92. The zero-order chi connectivity index (χ0) is 26.7. The summed E-state index contributed by atoms with van der Waals surface area (Å²) in [5, 5.41) is 19.9. The van der Waals surface area contributed by atoms with Gasteiger partial charge in [-0.05, 0) is 72.6 Å². The fourth-order valence-corrected chi connectivity index (χ4v) is 4.24. The van der Waals surface area contributed by atoms with Crippen molar-refractivity contribution in [1.29, 1.82) is 0 Å². The Morgan fingerprint density at radius 2 is 1.72 bits per heavy atom. The number of aliphatic hydroxyl groups is 1. The van der Waals surface area contributed by atoms with E-state index in [-0.39, 0.29) is 18.3 Å². The maximum Gasteiger partial charge on any atom is 0.302 e. The lowest BCUT2D eigenvalue weighted by Gasteiger charge is -2.25. The fraction of sp³-hybridized carbons (Fsp3) is 0.519. The van der Waals surface area contributed by atoms with Crippen LogP contribution in [0.15, 0.2) is 30.5 Å². The molecule has 2 aromatic rings. The molecule has 0 amide bonds. The number of nitrogens with two attached hydrogens (primary N) is 1. The molecular formula is C27H38N2O7. The number of anilines is 1. The molecular weight excluding hydrogens is 464 g/mol. The van der Waals surface area contributed by atoms with Crippen LogP contribution in [0.25, 0.3) is 11.1 Å². The Morgan fingerprint density at radius 1 is 1.06 bits per heavy atom. The van der Waals surface area contributed by atoms with Gasteiger partial charge in [-0.3, -0.25) is 9.59 Å². The van der Waals surface area contributed by atoms with E-state index in [0.717, 1.165) is 23.1 Å². The van der Waals surface area contributed by atoms with Crippen molar-refractivity contribution in [2.45, 2.75) is 71.5 Å². The molecule has 0 radical (unpaired) electrons. The van der Waals surface area contributed by atoms with Gasteiger partial charge in [0, 0.05) is 33.1 Å². The number of carbonyl (C=O) groups excluding carboxylic acids is 2. The van der Waals surface area contributed by atoms with Gasteiger partial charge in [0.1, 0.15) is 18.0 Å². The van der Waals surface area contributed by atoms with Gasteiger partial charge in [0.25, 0.3) is 0 Å². The van der Waals surface area contributed by atoms with E-state index in [4.69, 9.17) is 19.9 Å². The minimum absolute atomic E-state index is 0.00699. The number of nitrogens with zero attached hydrogens (tertiary/aromatic N) is 1. The van der Waals surface area contributed by atoms with E-state index in [1.54, 1.807) is 30.5 Å². The van der Waals surface area contributed by atoms with Crippen molar-refractivity contribution in [3.05, 3.63) is 36.0 Å². The number of methoxy groups -OCH3 is 1. The Kier molecular flexibility index (Phi) is 11.5. The van der Waals surface area contributed by atoms with Crippen LogP contribution in [0.2, 0.25) is 0 Å². The molecule has 0 saturated carbocycles. The standard InChI is InChI=1S/C27H38N2O7/c1-5-19(16-30)6-8-22(35-17(2)31)14-23(36-18(3)32)9-7-20-12-26(34-4)25(33)15-24(20)21-10-11-29-27(28)13-21/h10-13,15,19,22-23,30,33H,5-9,14,16H2,1-4H3,(H2,28,29). The summed E-state index contributed by atoms with van der Waals surface area (Å²) < 4.78 is 16.4. The van der Waals surface area contributed by atoms with Gasteiger partial charge < -0.3 is 30.2 Å². The molecule has 0 bridgehead atoms. The highest BCUT2D eigenvalue weighted by Crippen LogP contribution is 2.36. The van der Waals surface area contributed by atoms with Crippen LogP contribution in [0.1, 0.15) is 58.4 Å². The molecule has 198 valence electrons. The number of aromatic nitrogens is 1. The zero-order valence-electron chi connectivity index (χ0n) is 21.5. The number of carbonyl (C=O) groups is 2. The summed E-state index contributed by atoms with van der Waals surface area (Å²) in [5.74, 6) is -0.0352. The Labute approximate surface area is 212 Å². The summed E-state index contributed by atoms with van der Waals surface area (Å²) in [4.78, 5) is 27.6. The topological polar surface area (TPSA) is 141 Å². The first-order valence-electron chi connectivity index (χ1n) is 12.2. The molecule has 1 aromatic heterocycles. The fourth-order valence-electron chi connectivity index (χ4n) is 4.24. The van der Waals surface area contributed by atoms with Gasteiger partial charge in [0.15, 0.2) is 11.5 Å². The monoisotopic (exact) mass is 502 g/mol. The SMILES string of the molecule is CCC(CO)CCC(CC(CCc1cc(OC)c(O)cc1-c1ccnc(N)c1)OC(C)=O)OC(C)=O. The van der Waals surface area contributed by atoms with Crippen LogP contribution in [0.4, 0.5) is 5.82 Å². The predicted molar refractivity (Wildman–Crippen MR) is 136 cm³/mol. The number of hydrogen-bond donors (Lipinski definition) is 3. The normalized spacial score (nSPS) is 13.5. The van der Waals surface area contributed by atoms with E-state index in [0.29, 0.717) is 43.7 Å². The van der Waals surface area contributed by atoms with Gasteiger partial charge in [-0.15, -0.1) is 0 Å². The average molecular weight is 503 g/mol. The third-order valence-corrected chi connectivity index (χ3v) is 6.16. The molecule has 0 aliphatic heterocycles. The maximum absolute atomic E-state index is 11.9. The lowest BCUT2D eigenvalue weighted by molar-refractivity contribution is -0.153. The Balaban J connectivity index is 2.27. The van der Waals surface area contributed by atoms with Gasteiger partial charge in [0.05, 0.1) is 7.11 Å². The smallest absolute Gasteiger partial charge is 0.302 e. The van der Waals surface area contributed by atoms with Crippen LogP contribution in [-0.4, -0.2) is 53.1 Å². The van der Waals surface area contributed by atoms with Crippen molar-refractivity contribution in [2.75, 3.05) is 19.5 Å². The van der Waals surface area contributed by atoms with E-state index in [2.05, 4.69) is 4.98 Å². The predicted octanol–water partition coefficient (Wildman–Crippen LogP) is 4.03. The molecule has 3 unspecified atom stereocenters. The Hall–Kier alpha value is -3.33. The van der Waals surface area contributed by atoms with Gasteiger partial charge in [0.2, 0.25) is 0 Å². The molecule has 0 fully saturated rings. The Morgan fingerprint density at radius 3 is 2.28 bits per heavy atom. The highest BCUT2D eigenvalue weighted by molar-refractivity contribution is 5.72. The lowest BCUT2D eigenvalue weighted by atomic mass is 9.93. The van der Waals surface area contributed by atoms with Gasteiger partial charge >= 0.3 is 11.9 Å². The molecule has 1 heterocycles. The third kappa shape index (κ3) is 9.03. The number of ether oxygens (including phenoxy) is 3. The second kappa shape index (κ2) is 14.3. The first-order valence-corrected chi connectivity index (χ1v) is 12.2. The van der Waals surface area contributed by atoms with Crippen molar-refractivity contribution in [1.82, 2.24) is 4.98 Å². The van der Waals surface area contributed by atoms with E-state index in [1.165, 1.54) is 21.0 Å². The summed E-state index contributed by atoms with van der Waals surface area (Å²) in [6.45, 7) is 4.78. The molecule has 3 atom stereocenters. The summed E-state index contributed by atoms with van der Waals surface area (Å²) in [6, 6.07) is 6.89. The number of pyridine rings is 1. The maximum atomic E-state index is 11.9. The van der Waals surface area contributed by atoms with E-state index < -0.39 is 24.1 Å². The number of benzene rings is 1. The number of hydrogen-bond acceptors (Lipinski definition) is 9. The number of phenols is 1. The highest BCUT2D eigenvalue weighted by atomic mass is 16.6. The van der Waals surface area contributed by atoms with Crippen LogP contribution in [0.3, 0.4) is 0 Å². The number of phenolic OH excluding ortho intramolecular Hbond substituents is 1. The van der Waals surface area contributed by atoms with Gasteiger partial charge in [-0.25, -0.2) is 4.98 Å². The zero-order valence-corrected chi connectivity index (χ0v) is 21.5. The first-order chi connectivity index (χ1) is 17.2. The quantitative estimate of drug-likeness (QED) is 0.326. The molecule has 0 aliphatic carbocycles. The molecule has 2 rings (SSSR count). The minimum atomic E-state index is -0.504. The second-order valence-corrected chi connectivity index (χ2v) is 8.92.